The Morgan fingerprint density at radius 2 is 2.09 bits per heavy atom. The van der Waals surface area contributed by atoms with Crippen LogP contribution in [-0.2, 0) is 0 Å². The molecule has 2 atom stereocenters. The quantitative estimate of drug-likeness (QED) is 0.893. The lowest BCUT2D eigenvalue weighted by atomic mass is 10.1. The van der Waals surface area contributed by atoms with Crippen LogP contribution < -0.4 is 10.2 Å². The van der Waals surface area contributed by atoms with Gasteiger partial charge in [0, 0.05) is 39.3 Å². The normalized spacial score (nSPS) is 20.8. The minimum absolute atomic E-state index is 0.173. The number of hydrogen-bond acceptors (Lipinski definition) is 4. The van der Waals surface area contributed by atoms with Crippen molar-refractivity contribution in [3.8, 4) is 0 Å². The molecule has 1 heterocycles. The minimum Gasteiger partial charge on any atom is -0.393 e. The number of nitrogens with zero attached hydrogens (tertiary/aromatic N) is 3. The smallest absolute Gasteiger partial charge is 0.321 e. The summed E-state index contributed by atoms with van der Waals surface area (Å²) in [6.07, 6.45) is 2.57. The Morgan fingerprint density at radius 1 is 1.36 bits per heavy atom. The molecule has 0 radical (unpaired) electrons. The average molecular weight is 306 g/mol. The van der Waals surface area contributed by atoms with Crippen LogP contribution in [0.2, 0.25) is 0 Å². The first-order valence-electron chi connectivity index (χ1n) is 7.73. The standard InChI is InChI=1S/C16H26N4O2/c1-11-8-9-13(15(17-11)19(2)3)18-16(22)20(4)10-12-6-5-7-14(12)21/h8-9,12,14,21H,5-7,10H2,1-4H3,(H,18,22)/t12-,14-/m1/s1. The van der Waals surface area contributed by atoms with Crippen molar-refractivity contribution in [2.75, 3.05) is 37.9 Å². The van der Waals surface area contributed by atoms with Gasteiger partial charge in [0.15, 0.2) is 5.82 Å². The fraction of sp³-hybridized carbons (Fsp3) is 0.625. The molecule has 6 nitrogen and oxygen atoms in total. The van der Waals surface area contributed by atoms with Gasteiger partial charge in [-0.2, -0.15) is 0 Å². The van der Waals surface area contributed by atoms with E-state index in [4.69, 9.17) is 0 Å². The van der Waals surface area contributed by atoms with Gasteiger partial charge in [-0.1, -0.05) is 6.42 Å². The third kappa shape index (κ3) is 3.88. The summed E-state index contributed by atoms with van der Waals surface area (Å²) in [4.78, 5) is 20.3. The molecule has 1 aromatic rings. The number of hydrogen-bond donors (Lipinski definition) is 2. The van der Waals surface area contributed by atoms with Crippen LogP contribution in [0.5, 0.6) is 0 Å². The number of anilines is 2. The summed E-state index contributed by atoms with van der Waals surface area (Å²) in [6, 6.07) is 3.57. The summed E-state index contributed by atoms with van der Waals surface area (Å²) >= 11 is 0. The van der Waals surface area contributed by atoms with Gasteiger partial charge in [0.1, 0.15) is 0 Å². The van der Waals surface area contributed by atoms with Crippen molar-refractivity contribution in [2.24, 2.45) is 5.92 Å². The molecule has 1 aromatic heterocycles. The fourth-order valence-electron chi connectivity index (χ4n) is 2.86. The molecular formula is C16H26N4O2. The Labute approximate surface area is 132 Å². The number of carbonyl (C=O) groups is 1. The average Bonchev–Trinajstić information content (AvgIpc) is 2.85. The number of aromatic nitrogens is 1. The van der Waals surface area contributed by atoms with Crippen LogP contribution in [0.4, 0.5) is 16.3 Å². The van der Waals surface area contributed by atoms with Crippen molar-refractivity contribution in [2.45, 2.75) is 32.3 Å². The monoisotopic (exact) mass is 306 g/mol. The number of nitrogens with one attached hydrogen (secondary N) is 1. The number of amides is 2. The molecule has 122 valence electrons. The van der Waals surface area contributed by atoms with Crippen LogP contribution >= 0.6 is 0 Å². The number of pyridine rings is 1. The highest BCUT2D eigenvalue weighted by Crippen LogP contribution is 2.27. The highest BCUT2D eigenvalue weighted by molar-refractivity contribution is 5.92. The Morgan fingerprint density at radius 3 is 2.68 bits per heavy atom. The molecule has 0 spiro atoms. The van der Waals surface area contributed by atoms with Crippen molar-refractivity contribution >= 4 is 17.5 Å². The Bertz CT molecular complexity index is 533. The lowest BCUT2D eigenvalue weighted by Crippen LogP contribution is -2.37. The van der Waals surface area contributed by atoms with Gasteiger partial charge >= 0.3 is 6.03 Å². The number of aliphatic hydroxyl groups excluding tert-OH is 1. The van der Waals surface area contributed by atoms with E-state index in [9.17, 15) is 9.90 Å². The van der Waals surface area contributed by atoms with E-state index in [1.54, 1.807) is 11.9 Å². The topological polar surface area (TPSA) is 68.7 Å². The van der Waals surface area contributed by atoms with Crippen LogP contribution in [-0.4, -0.2) is 54.8 Å². The molecule has 0 aliphatic heterocycles. The molecular weight excluding hydrogens is 280 g/mol. The van der Waals surface area contributed by atoms with E-state index >= 15 is 0 Å². The number of carbonyl (C=O) groups excluding carboxylic acids is 1. The number of aliphatic hydroxyl groups is 1. The first-order chi connectivity index (χ1) is 10.4. The van der Waals surface area contributed by atoms with Gasteiger partial charge < -0.3 is 20.2 Å². The lowest BCUT2D eigenvalue weighted by molar-refractivity contribution is 0.116. The van der Waals surface area contributed by atoms with E-state index in [2.05, 4.69) is 10.3 Å². The van der Waals surface area contributed by atoms with Crippen LogP contribution in [0, 0.1) is 12.8 Å². The molecule has 1 saturated carbocycles. The van der Waals surface area contributed by atoms with Crippen molar-refractivity contribution in [3.05, 3.63) is 17.8 Å². The van der Waals surface area contributed by atoms with E-state index in [0.717, 1.165) is 30.8 Å². The molecule has 1 fully saturated rings. The Hall–Kier alpha value is -1.82. The molecule has 22 heavy (non-hydrogen) atoms. The molecule has 1 aliphatic rings. The van der Waals surface area contributed by atoms with E-state index in [1.807, 2.05) is 38.1 Å². The third-order valence-corrected chi connectivity index (χ3v) is 4.15. The largest absolute Gasteiger partial charge is 0.393 e. The predicted octanol–water partition coefficient (Wildman–Crippen LogP) is 2.08. The highest BCUT2D eigenvalue weighted by atomic mass is 16.3. The van der Waals surface area contributed by atoms with Crippen LogP contribution in [0.3, 0.4) is 0 Å². The van der Waals surface area contributed by atoms with E-state index in [0.29, 0.717) is 12.2 Å². The maximum Gasteiger partial charge on any atom is 0.321 e. The van der Waals surface area contributed by atoms with Gasteiger partial charge in [0.25, 0.3) is 0 Å². The van der Waals surface area contributed by atoms with E-state index < -0.39 is 0 Å². The molecule has 2 rings (SSSR count). The number of rotatable bonds is 4. The minimum atomic E-state index is -0.284. The summed E-state index contributed by atoms with van der Waals surface area (Å²) in [6.45, 7) is 2.50. The predicted molar refractivity (Wildman–Crippen MR) is 88.3 cm³/mol. The maximum atomic E-state index is 12.4. The SMILES string of the molecule is Cc1ccc(NC(=O)N(C)C[C@H]2CCC[C@H]2O)c(N(C)C)n1. The molecule has 0 aromatic carbocycles. The second-order valence-corrected chi connectivity index (χ2v) is 6.29. The van der Waals surface area contributed by atoms with Gasteiger partial charge in [-0.3, -0.25) is 0 Å². The molecule has 6 heteroatoms. The molecule has 2 amide bonds. The zero-order chi connectivity index (χ0) is 16.3. The van der Waals surface area contributed by atoms with Gasteiger partial charge in [-0.15, -0.1) is 0 Å². The number of aryl methyl sites for hydroxylation is 1. The molecule has 0 saturated heterocycles. The first kappa shape index (κ1) is 16.5. The van der Waals surface area contributed by atoms with Gasteiger partial charge in [-0.25, -0.2) is 9.78 Å². The first-order valence-corrected chi connectivity index (χ1v) is 7.73. The Balaban J connectivity index is 2.02. The summed E-state index contributed by atoms with van der Waals surface area (Å²) in [5, 5.41) is 12.8. The second-order valence-electron chi connectivity index (χ2n) is 6.29. The summed E-state index contributed by atoms with van der Waals surface area (Å²) < 4.78 is 0. The zero-order valence-corrected chi connectivity index (χ0v) is 13.8. The van der Waals surface area contributed by atoms with E-state index in [1.165, 1.54) is 0 Å². The fourth-order valence-corrected chi connectivity index (χ4v) is 2.86. The van der Waals surface area contributed by atoms with Crippen molar-refractivity contribution in [1.82, 2.24) is 9.88 Å². The molecule has 2 N–H and O–H groups in total. The summed E-state index contributed by atoms with van der Waals surface area (Å²) in [5.41, 5.74) is 1.60. The molecule has 1 aliphatic carbocycles. The van der Waals surface area contributed by atoms with Crippen LogP contribution in [0.15, 0.2) is 12.1 Å². The van der Waals surface area contributed by atoms with Gasteiger partial charge in [-0.05, 0) is 31.9 Å². The van der Waals surface area contributed by atoms with E-state index in [-0.39, 0.29) is 18.1 Å². The van der Waals surface area contributed by atoms with Crippen LogP contribution in [0.25, 0.3) is 0 Å². The molecule has 0 unspecified atom stereocenters. The molecule has 0 bridgehead atoms. The zero-order valence-electron chi connectivity index (χ0n) is 13.8. The summed E-state index contributed by atoms with van der Waals surface area (Å²) in [5.74, 6) is 0.919. The van der Waals surface area contributed by atoms with Crippen molar-refractivity contribution in [3.63, 3.8) is 0 Å². The lowest BCUT2D eigenvalue weighted by Gasteiger charge is -2.24. The van der Waals surface area contributed by atoms with Crippen molar-refractivity contribution in [1.29, 1.82) is 0 Å². The maximum absolute atomic E-state index is 12.4. The third-order valence-electron chi connectivity index (χ3n) is 4.15. The Kier molecular flexibility index (Phi) is 5.24. The van der Waals surface area contributed by atoms with Gasteiger partial charge in [0.2, 0.25) is 0 Å². The summed E-state index contributed by atoms with van der Waals surface area (Å²) in [7, 11) is 5.56. The van der Waals surface area contributed by atoms with Crippen LogP contribution in [0.1, 0.15) is 25.0 Å². The highest BCUT2D eigenvalue weighted by Gasteiger charge is 2.27. The number of urea groups is 1. The second kappa shape index (κ2) is 6.96. The van der Waals surface area contributed by atoms with Crippen molar-refractivity contribution < 1.29 is 9.90 Å². The van der Waals surface area contributed by atoms with Gasteiger partial charge in [0.05, 0.1) is 11.8 Å².